The van der Waals surface area contributed by atoms with E-state index < -0.39 is 5.97 Å². The van der Waals surface area contributed by atoms with E-state index in [1.165, 1.54) is 5.56 Å². The van der Waals surface area contributed by atoms with Crippen LogP contribution in [0.2, 0.25) is 0 Å². The average Bonchev–Trinajstić information content (AvgIpc) is 3.09. The third-order valence-electron chi connectivity index (χ3n) is 4.94. The molecule has 0 aliphatic carbocycles. The van der Waals surface area contributed by atoms with Gasteiger partial charge in [0.1, 0.15) is 18.0 Å². The van der Waals surface area contributed by atoms with Gasteiger partial charge in [-0.3, -0.25) is 4.79 Å². The number of carboxylic acid groups (broad SMARTS) is 1. The maximum absolute atomic E-state index is 10.9. The fraction of sp³-hybridized carbons (Fsp3) is 0.348. The first-order valence-electron chi connectivity index (χ1n) is 9.73. The molecule has 3 aromatic rings. The zero-order valence-corrected chi connectivity index (χ0v) is 16.4. The summed E-state index contributed by atoms with van der Waals surface area (Å²) in [6.07, 6.45) is 3.70. The molecule has 0 saturated carbocycles. The molecule has 1 heterocycles. The molecule has 0 fully saturated rings. The van der Waals surface area contributed by atoms with E-state index >= 15 is 0 Å². The third kappa shape index (κ3) is 5.06. The highest BCUT2D eigenvalue weighted by atomic mass is 16.5. The molecular weight excluding hydrogens is 354 g/mol. The minimum absolute atomic E-state index is 0.0423. The third-order valence-corrected chi connectivity index (χ3v) is 4.94. The average molecular weight is 381 g/mol. The molecule has 5 nitrogen and oxygen atoms in total. The van der Waals surface area contributed by atoms with Crippen LogP contribution in [0.25, 0.3) is 10.9 Å². The number of hydrogen-bond donors (Lipinski definition) is 1. The highest BCUT2D eigenvalue weighted by Crippen LogP contribution is 2.23. The van der Waals surface area contributed by atoms with Gasteiger partial charge in [0.15, 0.2) is 0 Å². The molecule has 0 bridgehead atoms. The van der Waals surface area contributed by atoms with Gasteiger partial charge in [0.05, 0.1) is 13.2 Å². The molecule has 28 heavy (non-hydrogen) atoms. The number of aromatic nitrogens is 1. The van der Waals surface area contributed by atoms with E-state index in [1.54, 1.807) is 10.8 Å². The van der Waals surface area contributed by atoms with Crippen molar-refractivity contribution in [1.82, 2.24) is 4.57 Å². The fourth-order valence-corrected chi connectivity index (χ4v) is 3.12. The van der Waals surface area contributed by atoms with Crippen molar-refractivity contribution >= 4 is 16.9 Å². The second-order valence-corrected chi connectivity index (χ2v) is 6.99. The maximum atomic E-state index is 10.9. The van der Waals surface area contributed by atoms with Crippen LogP contribution in [0.5, 0.6) is 11.5 Å². The van der Waals surface area contributed by atoms with Crippen LogP contribution >= 0.6 is 0 Å². The number of fused-ring (bicyclic) bond motifs is 1. The molecule has 1 aromatic heterocycles. The van der Waals surface area contributed by atoms with Gasteiger partial charge in [-0.2, -0.15) is 0 Å². The molecule has 1 atom stereocenters. The summed E-state index contributed by atoms with van der Waals surface area (Å²) in [5.41, 5.74) is 2.23. The second kappa shape index (κ2) is 9.31. The van der Waals surface area contributed by atoms with Crippen molar-refractivity contribution in [2.45, 2.75) is 39.2 Å². The molecule has 0 radical (unpaired) electrons. The quantitative estimate of drug-likeness (QED) is 0.497. The van der Waals surface area contributed by atoms with E-state index in [0.717, 1.165) is 35.2 Å². The first kappa shape index (κ1) is 19.8. The zero-order valence-electron chi connectivity index (χ0n) is 16.4. The fourth-order valence-electron chi connectivity index (χ4n) is 3.12. The molecule has 0 aliphatic heterocycles. The number of hydrogen-bond acceptors (Lipinski definition) is 3. The highest BCUT2D eigenvalue weighted by Gasteiger charge is 2.06. The van der Waals surface area contributed by atoms with Crippen LogP contribution in [0.3, 0.4) is 0 Å². The van der Waals surface area contributed by atoms with E-state index in [4.69, 9.17) is 14.6 Å². The molecule has 0 saturated heterocycles. The van der Waals surface area contributed by atoms with Crippen molar-refractivity contribution in [3.8, 4) is 11.5 Å². The SMILES string of the molecule is CCC(C)c1ccc(OCCCOc2ccc3c(ccn3CC(=O)O)c2)cc1. The van der Waals surface area contributed by atoms with Crippen molar-refractivity contribution in [1.29, 1.82) is 0 Å². The Morgan fingerprint density at radius 1 is 1.04 bits per heavy atom. The number of rotatable bonds is 10. The van der Waals surface area contributed by atoms with E-state index in [9.17, 15) is 4.79 Å². The molecule has 5 heteroatoms. The molecule has 2 aromatic carbocycles. The molecule has 3 rings (SSSR count). The summed E-state index contributed by atoms with van der Waals surface area (Å²) >= 11 is 0. The van der Waals surface area contributed by atoms with Gasteiger partial charge in [-0.1, -0.05) is 26.0 Å². The summed E-state index contributed by atoms with van der Waals surface area (Å²) < 4.78 is 13.3. The van der Waals surface area contributed by atoms with Crippen LogP contribution < -0.4 is 9.47 Å². The lowest BCUT2D eigenvalue weighted by atomic mass is 9.99. The van der Waals surface area contributed by atoms with Gasteiger partial charge >= 0.3 is 5.97 Å². The van der Waals surface area contributed by atoms with Crippen LogP contribution in [0.15, 0.2) is 54.7 Å². The van der Waals surface area contributed by atoms with Gasteiger partial charge in [-0.25, -0.2) is 0 Å². The topological polar surface area (TPSA) is 60.7 Å². The van der Waals surface area contributed by atoms with Gasteiger partial charge in [-0.05, 0) is 54.3 Å². The summed E-state index contributed by atoms with van der Waals surface area (Å²) in [5.74, 6) is 1.37. The van der Waals surface area contributed by atoms with Crippen molar-refractivity contribution in [2.24, 2.45) is 0 Å². The van der Waals surface area contributed by atoms with E-state index in [1.807, 2.05) is 36.4 Å². The predicted octanol–water partition coefficient (Wildman–Crippen LogP) is 5.09. The van der Waals surface area contributed by atoms with E-state index in [-0.39, 0.29) is 6.54 Å². The van der Waals surface area contributed by atoms with Crippen molar-refractivity contribution in [3.63, 3.8) is 0 Å². The molecule has 148 valence electrons. The van der Waals surface area contributed by atoms with Crippen LogP contribution in [0.1, 0.15) is 38.2 Å². The molecule has 0 spiro atoms. The van der Waals surface area contributed by atoms with Crippen molar-refractivity contribution < 1.29 is 19.4 Å². The number of nitrogens with zero attached hydrogens (tertiary/aromatic N) is 1. The zero-order chi connectivity index (χ0) is 19.9. The van der Waals surface area contributed by atoms with E-state index in [0.29, 0.717) is 19.1 Å². The second-order valence-electron chi connectivity index (χ2n) is 6.99. The number of aliphatic carboxylic acids is 1. The van der Waals surface area contributed by atoms with Crippen LogP contribution in [0, 0.1) is 0 Å². The van der Waals surface area contributed by atoms with Gasteiger partial charge in [0.2, 0.25) is 0 Å². The number of benzene rings is 2. The molecule has 1 unspecified atom stereocenters. The normalized spacial score (nSPS) is 12.1. The highest BCUT2D eigenvalue weighted by molar-refractivity contribution is 5.83. The van der Waals surface area contributed by atoms with Crippen LogP contribution in [0.4, 0.5) is 0 Å². The standard InChI is InChI=1S/C23H27NO4/c1-3-17(2)18-5-7-20(8-6-18)27-13-4-14-28-21-9-10-22-19(15-21)11-12-24(22)16-23(25)26/h5-12,15,17H,3-4,13-14,16H2,1-2H3,(H,25,26). The summed E-state index contributed by atoms with van der Waals surface area (Å²) in [6, 6.07) is 15.9. The summed E-state index contributed by atoms with van der Waals surface area (Å²) in [4.78, 5) is 10.9. The molecule has 1 N–H and O–H groups in total. The van der Waals surface area contributed by atoms with Crippen LogP contribution in [-0.4, -0.2) is 28.9 Å². The van der Waals surface area contributed by atoms with E-state index in [2.05, 4.69) is 26.0 Å². The summed E-state index contributed by atoms with van der Waals surface area (Å²) in [6.45, 7) is 5.54. The van der Waals surface area contributed by atoms with Crippen LogP contribution in [-0.2, 0) is 11.3 Å². The Bertz CT molecular complexity index is 914. The predicted molar refractivity (Wildman–Crippen MR) is 110 cm³/mol. The summed E-state index contributed by atoms with van der Waals surface area (Å²) in [7, 11) is 0. The minimum Gasteiger partial charge on any atom is -0.493 e. The monoisotopic (exact) mass is 381 g/mol. The molecule has 0 aliphatic rings. The Morgan fingerprint density at radius 2 is 1.71 bits per heavy atom. The molecule has 0 amide bonds. The summed E-state index contributed by atoms with van der Waals surface area (Å²) in [5, 5.41) is 9.91. The Kier molecular flexibility index (Phi) is 6.58. The Labute approximate surface area is 165 Å². The van der Waals surface area contributed by atoms with Gasteiger partial charge in [0.25, 0.3) is 0 Å². The first-order valence-corrected chi connectivity index (χ1v) is 9.73. The number of carboxylic acids is 1. The lowest BCUT2D eigenvalue weighted by molar-refractivity contribution is -0.137. The van der Waals surface area contributed by atoms with Crippen molar-refractivity contribution in [2.75, 3.05) is 13.2 Å². The van der Waals surface area contributed by atoms with Gasteiger partial charge in [-0.15, -0.1) is 0 Å². The Morgan fingerprint density at radius 3 is 2.39 bits per heavy atom. The Hall–Kier alpha value is -2.95. The smallest absolute Gasteiger partial charge is 0.323 e. The van der Waals surface area contributed by atoms with Gasteiger partial charge < -0.3 is 19.1 Å². The maximum Gasteiger partial charge on any atom is 0.323 e. The largest absolute Gasteiger partial charge is 0.493 e. The molecular formula is C23H27NO4. The Balaban J connectivity index is 1.44. The minimum atomic E-state index is -0.854. The number of ether oxygens (including phenoxy) is 2. The number of carbonyl (C=O) groups is 1. The first-order chi connectivity index (χ1) is 13.6. The lowest BCUT2D eigenvalue weighted by Gasteiger charge is -2.11. The van der Waals surface area contributed by atoms with Crippen molar-refractivity contribution in [3.05, 3.63) is 60.3 Å². The van der Waals surface area contributed by atoms with Gasteiger partial charge in [0, 0.05) is 23.5 Å². The lowest BCUT2D eigenvalue weighted by Crippen LogP contribution is -2.07.